The summed E-state index contributed by atoms with van der Waals surface area (Å²) in [5.74, 6) is -1.72. The van der Waals surface area contributed by atoms with E-state index >= 15 is 0 Å². The molecule has 1 fully saturated rings. The van der Waals surface area contributed by atoms with Crippen molar-refractivity contribution in [1.29, 1.82) is 0 Å². The number of hydrogen-bond acceptors (Lipinski definition) is 5. The van der Waals surface area contributed by atoms with Crippen LogP contribution in [0.1, 0.15) is 43.7 Å². The molecule has 1 saturated carbocycles. The average molecular weight is 460 g/mol. The molecule has 0 spiro atoms. The lowest BCUT2D eigenvalue weighted by atomic mass is 9.75. The standard InChI is InChI=1S/C25H31F2N3O3/c1-17(31)29-23(14-18-12-20(26)15-21(27)13-18)24(32)16-28-25(19-6-4-3-5-7-19)10-8-22(9-11-25)30-33-2/h3-7,12-13,15,23-24,28,32H,8-11,14,16H2,1-2H3,(H,29,31). The number of oxime groups is 1. The molecule has 2 aromatic carbocycles. The highest BCUT2D eigenvalue weighted by molar-refractivity contribution is 5.85. The SMILES string of the molecule is CON=C1CCC(NCC(O)C(Cc2cc(F)cc(F)c2)NC(C)=O)(c2ccccc2)CC1. The number of hydrogen-bond donors (Lipinski definition) is 3. The molecule has 2 atom stereocenters. The Morgan fingerprint density at radius 1 is 1.15 bits per heavy atom. The summed E-state index contributed by atoms with van der Waals surface area (Å²) in [4.78, 5) is 16.7. The third-order valence-electron chi connectivity index (χ3n) is 6.11. The van der Waals surface area contributed by atoms with Gasteiger partial charge in [-0.1, -0.05) is 35.5 Å². The minimum Gasteiger partial charge on any atom is -0.399 e. The van der Waals surface area contributed by atoms with Crippen LogP contribution in [0.3, 0.4) is 0 Å². The Balaban J connectivity index is 1.76. The van der Waals surface area contributed by atoms with Gasteiger partial charge in [-0.2, -0.15) is 0 Å². The maximum Gasteiger partial charge on any atom is 0.217 e. The molecule has 3 rings (SSSR count). The van der Waals surface area contributed by atoms with Gasteiger partial charge < -0.3 is 20.6 Å². The van der Waals surface area contributed by atoms with Crippen molar-refractivity contribution >= 4 is 11.6 Å². The van der Waals surface area contributed by atoms with Gasteiger partial charge in [0.25, 0.3) is 0 Å². The third kappa shape index (κ3) is 6.82. The maximum absolute atomic E-state index is 13.6. The molecule has 8 heteroatoms. The first kappa shape index (κ1) is 24.8. The van der Waals surface area contributed by atoms with Crippen LogP contribution in [0.4, 0.5) is 8.78 Å². The molecule has 0 heterocycles. The van der Waals surface area contributed by atoms with Crippen LogP contribution in [-0.4, -0.2) is 42.5 Å². The molecule has 1 amide bonds. The minimum absolute atomic E-state index is 0.0973. The molecule has 0 radical (unpaired) electrons. The molecule has 6 nitrogen and oxygen atoms in total. The molecule has 0 bridgehead atoms. The Morgan fingerprint density at radius 3 is 2.36 bits per heavy atom. The van der Waals surface area contributed by atoms with Crippen molar-refractivity contribution in [3.05, 3.63) is 71.3 Å². The van der Waals surface area contributed by atoms with Gasteiger partial charge in [-0.25, -0.2) is 8.78 Å². The Kier molecular flexibility index (Phi) is 8.52. The van der Waals surface area contributed by atoms with Gasteiger partial charge in [-0.05, 0) is 55.4 Å². The van der Waals surface area contributed by atoms with Crippen molar-refractivity contribution in [1.82, 2.24) is 10.6 Å². The van der Waals surface area contributed by atoms with Gasteiger partial charge in [0, 0.05) is 25.1 Å². The number of carbonyl (C=O) groups excluding carboxylic acids is 1. The monoisotopic (exact) mass is 459 g/mol. The van der Waals surface area contributed by atoms with Crippen LogP contribution in [0, 0.1) is 11.6 Å². The van der Waals surface area contributed by atoms with Gasteiger partial charge >= 0.3 is 0 Å². The van der Waals surface area contributed by atoms with E-state index in [1.54, 1.807) is 0 Å². The number of benzene rings is 2. The molecule has 1 aliphatic rings. The fourth-order valence-electron chi connectivity index (χ4n) is 4.48. The first-order chi connectivity index (χ1) is 15.8. The van der Waals surface area contributed by atoms with E-state index in [2.05, 4.69) is 27.9 Å². The van der Waals surface area contributed by atoms with Crippen molar-refractivity contribution in [3.63, 3.8) is 0 Å². The van der Waals surface area contributed by atoms with Crippen molar-refractivity contribution in [2.45, 2.75) is 56.7 Å². The molecule has 2 aromatic rings. The number of rotatable bonds is 9. The van der Waals surface area contributed by atoms with Crippen LogP contribution in [-0.2, 0) is 21.6 Å². The van der Waals surface area contributed by atoms with Crippen LogP contribution in [0.15, 0.2) is 53.7 Å². The van der Waals surface area contributed by atoms with Crippen molar-refractivity contribution in [2.75, 3.05) is 13.7 Å². The number of halogens is 2. The molecule has 2 unspecified atom stereocenters. The zero-order valence-corrected chi connectivity index (χ0v) is 19.0. The average Bonchev–Trinajstić information content (AvgIpc) is 2.78. The molecular weight excluding hydrogens is 428 g/mol. The Labute approximate surface area is 193 Å². The lowest BCUT2D eigenvalue weighted by Gasteiger charge is -2.40. The Bertz CT molecular complexity index is 938. The number of aliphatic hydroxyl groups excluding tert-OH is 1. The summed E-state index contributed by atoms with van der Waals surface area (Å²) in [5, 5.41) is 21.3. The third-order valence-corrected chi connectivity index (χ3v) is 6.11. The smallest absolute Gasteiger partial charge is 0.217 e. The summed E-state index contributed by atoms with van der Waals surface area (Å²) in [7, 11) is 1.54. The van der Waals surface area contributed by atoms with E-state index in [0.29, 0.717) is 5.56 Å². The summed E-state index contributed by atoms with van der Waals surface area (Å²) in [5.41, 5.74) is 2.09. The van der Waals surface area contributed by atoms with Gasteiger partial charge in [0.05, 0.1) is 17.9 Å². The van der Waals surface area contributed by atoms with Gasteiger partial charge in [0.2, 0.25) is 5.91 Å². The van der Waals surface area contributed by atoms with E-state index in [-0.39, 0.29) is 24.4 Å². The molecule has 0 aromatic heterocycles. The van der Waals surface area contributed by atoms with Gasteiger partial charge in [-0.3, -0.25) is 4.79 Å². The molecule has 0 aliphatic heterocycles. The summed E-state index contributed by atoms with van der Waals surface area (Å²) in [6, 6.07) is 12.5. The predicted molar refractivity (Wildman–Crippen MR) is 123 cm³/mol. The quantitative estimate of drug-likeness (QED) is 0.502. The largest absolute Gasteiger partial charge is 0.399 e. The number of carbonyl (C=O) groups is 1. The second kappa shape index (κ2) is 11.3. The molecule has 1 aliphatic carbocycles. The first-order valence-electron chi connectivity index (χ1n) is 11.1. The van der Waals surface area contributed by atoms with Crippen LogP contribution >= 0.6 is 0 Å². The fraction of sp³-hybridized carbons (Fsp3) is 0.440. The van der Waals surface area contributed by atoms with Gasteiger partial charge in [0.1, 0.15) is 18.7 Å². The summed E-state index contributed by atoms with van der Waals surface area (Å²) in [6.45, 7) is 1.54. The van der Waals surface area contributed by atoms with Crippen LogP contribution in [0.2, 0.25) is 0 Å². The lowest BCUT2D eigenvalue weighted by molar-refractivity contribution is -0.120. The first-order valence-corrected chi connectivity index (χ1v) is 11.1. The normalized spacial score (nSPS) is 20.1. The molecule has 33 heavy (non-hydrogen) atoms. The minimum atomic E-state index is -0.977. The second-order valence-electron chi connectivity index (χ2n) is 8.53. The Morgan fingerprint density at radius 2 is 1.79 bits per heavy atom. The molecule has 0 saturated heterocycles. The maximum atomic E-state index is 13.6. The number of nitrogens with one attached hydrogen (secondary N) is 2. The zero-order valence-electron chi connectivity index (χ0n) is 19.0. The summed E-state index contributed by atoms with van der Waals surface area (Å²) >= 11 is 0. The van der Waals surface area contributed by atoms with Crippen molar-refractivity contribution in [3.8, 4) is 0 Å². The topological polar surface area (TPSA) is 82.9 Å². The van der Waals surface area contributed by atoms with Crippen molar-refractivity contribution in [2.24, 2.45) is 5.16 Å². The van der Waals surface area contributed by atoms with E-state index in [0.717, 1.165) is 43.0 Å². The highest BCUT2D eigenvalue weighted by Crippen LogP contribution is 2.36. The van der Waals surface area contributed by atoms with Crippen LogP contribution in [0.25, 0.3) is 0 Å². The van der Waals surface area contributed by atoms with E-state index in [1.165, 1.54) is 26.2 Å². The number of amides is 1. The molecule has 3 N–H and O–H groups in total. The number of nitrogens with zero attached hydrogens (tertiary/aromatic N) is 1. The van der Waals surface area contributed by atoms with Crippen molar-refractivity contribution < 1.29 is 23.5 Å². The van der Waals surface area contributed by atoms with E-state index < -0.39 is 23.8 Å². The summed E-state index contributed by atoms with van der Waals surface area (Å²) in [6.07, 6.45) is 2.17. The van der Waals surface area contributed by atoms with Crippen LogP contribution in [0.5, 0.6) is 0 Å². The van der Waals surface area contributed by atoms with E-state index in [4.69, 9.17) is 4.84 Å². The molecule has 178 valence electrons. The highest BCUT2D eigenvalue weighted by Gasteiger charge is 2.36. The summed E-state index contributed by atoms with van der Waals surface area (Å²) < 4.78 is 27.3. The zero-order chi connectivity index (χ0) is 23.8. The van der Waals surface area contributed by atoms with Gasteiger partial charge in [-0.15, -0.1) is 0 Å². The van der Waals surface area contributed by atoms with Crippen LogP contribution < -0.4 is 10.6 Å². The van der Waals surface area contributed by atoms with E-state index in [1.807, 2.05) is 18.2 Å². The van der Waals surface area contributed by atoms with Gasteiger partial charge in [0.15, 0.2) is 0 Å². The molecular formula is C25H31F2N3O3. The highest BCUT2D eigenvalue weighted by atomic mass is 19.1. The number of aliphatic hydroxyl groups is 1. The second-order valence-corrected chi connectivity index (χ2v) is 8.53. The lowest BCUT2D eigenvalue weighted by Crippen LogP contribution is -2.53. The predicted octanol–water partition coefficient (Wildman–Crippen LogP) is 3.43. The fourth-order valence-corrected chi connectivity index (χ4v) is 4.48. The Hall–Kier alpha value is -2.84. The van der Waals surface area contributed by atoms with E-state index in [9.17, 15) is 18.7 Å².